The standard InChI is InChI=1S/C19H33N9O6S/c1-9(29)14(17(32)26-12(18(33)34)3-2-4-24-19(21)22)28-16(31)13(7-35)27-15(30)11(20)5-10-6-23-8-25-10/h6,8-9,11-14,29,35H,2-5,7,20H2,1H3,(H,23,25)(H,26,32)(H,27,30)(H,28,31)(H,33,34)(H4,21,22,24). The van der Waals surface area contributed by atoms with Crippen LogP contribution in [0, 0.1) is 0 Å². The van der Waals surface area contributed by atoms with Crippen molar-refractivity contribution in [3.05, 3.63) is 18.2 Å². The Kier molecular flexibility index (Phi) is 12.5. The van der Waals surface area contributed by atoms with Gasteiger partial charge >= 0.3 is 5.97 Å². The maximum Gasteiger partial charge on any atom is 0.326 e. The second-order valence-corrected chi connectivity index (χ2v) is 8.07. The SMILES string of the molecule is CC(O)C(NC(=O)C(CS)NC(=O)C(N)Cc1cnc[nH]1)C(=O)NC(CCCN=C(N)N)C(=O)O. The van der Waals surface area contributed by atoms with Crippen molar-refractivity contribution < 1.29 is 29.4 Å². The highest BCUT2D eigenvalue weighted by Crippen LogP contribution is 2.03. The molecule has 0 aliphatic rings. The minimum Gasteiger partial charge on any atom is -0.480 e. The Morgan fingerprint density at radius 1 is 1.14 bits per heavy atom. The van der Waals surface area contributed by atoms with E-state index in [0.29, 0.717) is 5.69 Å². The number of carbonyl (C=O) groups is 4. The molecular formula is C19H33N9O6S. The van der Waals surface area contributed by atoms with Gasteiger partial charge in [0.25, 0.3) is 0 Å². The Labute approximate surface area is 207 Å². The van der Waals surface area contributed by atoms with Crippen LogP contribution in [-0.2, 0) is 25.6 Å². The molecule has 0 radical (unpaired) electrons. The lowest BCUT2D eigenvalue weighted by atomic mass is 10.1. The average molecular weight is 516 g/mol. The predicted molar refractivity (Wildman–Crippen MR) is 129 cm³/mol. The molecular weight excluding hydrogens is 482 g/mol. The zero-order chi connectivity index (χ0) is 26.5. The van der Waals surface area contributed by atoms with Crippen LogP contribution in [0.3, 0.4) is 0 Å². The van der Waals surface area contributed by atoms with E-state index in [1.165, 1.54) is 19.4 Å². The maximum absolute atomic E-state index is 12.7. The molecule has 0 aromatic carbocycles. The number of guanidine groups is 1. The number of rotatable bonds is 15. The number of hydrogen-bond donors (Lipinski definition) is 10. The van der Waals surface area contributed by atoms with Crippen molar-refractivity contribution in [1.29, 1.82) is 0 Å². The minimum atomic E-state index is -1.50. The number of nitrogens with two attached hydrogens (primary N) is 3. The van der Waals surface area contributed by atoms with Gasteiger partial charge in [0.15, 0.2) is 5.96 Å². The van der Waals surface area contributed by atoms with Crippen LogP contribution < -0.4 is 33.2 Å². The average Bonchev–Trinajstić information content (AvgIpc) is 3.29. The summed E-state index contributed by atoms with van der Waals surface area (Å²) in [5.74, 6) is -3.98. The predicted octanol–water partition coefficient (Wildman–Crippen LogP) is -3.82. The topological polar surface area (TPSA) is 264 Å². The van der Waals surface area contributed by atoms with Gasteiger partial charge in [-0.15, -0.1) is 0 Å². The molecule has 1 rings (SSSR count). The number of nitrogens with zero attached hydrogens (tertiary/aromatic N) is 2. The van der Waals surface area contributed by atoms with Gasteiger partial charge in [-0.25, -0.2) is 9.78 Å². The Morgan fingerprint density at radius 3 is 2.31 bits per heavy atom. The van der Waals surface area contributed by atoms with Gasteiger partial charge in [-0.05, 0) is 19.8 Å². The van der Waals surface area contributed by atoms with Crippen molar-refractivity contribution in [3.63, 3.8) is 0 Å². The Balaban J connectivity index is 2.75. The van der Waals surface area contributed by atoms with Crippen LogP contribution in [-0.4, -0.2) is 92.4 Å². The number of hydrogen-bond acceptors (Lipinski definition) is 9. The fraction of sp³-hybridized carbons (Fsp3) is 0.579. The molecule has 1 aromatic heterocycles. The lowest BCUT2D eigenvalue weighted by molar-refractivity contribution is -0.143. The van der Waals surface area contributed by atoms with E-state index in [2.05, 4.69) is 43.5 Å². The lowest BCUT2D eigenvalue weighted by Crippen LogP contribution is -2.60. The number of aliphatic imine (C=N–C) groups is 1. The van der Waals surface area contributed by atoms with Crippen LogP contribution in [0.25, 0.3) is 0 Å². The van der Waals surface area contributed by atoms with Gasteiger partial charge < -0.3 is 48.3 Å². The molecule has 0 bridgehead atoms. The van der Waals surface area contributed by atoms with Crippen LogP contribution in [0.15, 0.2) is 17.5 Å². The molecule has 0 spiro atoms. The molecule has 5 unspecified atom stereocenters. The quantitative estimate of drug-likeness (QED) is 0.0470. The number of aliphatic carboxylic acids is 1. The van der Waals surface area contributed by atoms with Gasteiger partial charge in [-0.3, -0.25) is 19.4 Å². The molecule has 12 N–H and O–H groups in total. The van der Waals surface area contributed by atoms with Crippen LogP contribution in [0.2, 0.25) is 0 Å². The van der Waals surface area contributed by atoms with E-state index in [4.69, 9.17) is 17.2 Å². The molecule has 0 saturated heterocycles. The molecule has 0 fully saturated rings. The van der Waals surface area contributed by atoms with E-state index >= 15 is 0 Å². The number of carboxylic acids is 1. The van der Waals surface area contributed by atoms with Gasteiger partial charge in [0.1, 0.15) is 18.1 Å². The first-order chi connectivity index (χ1) is 16.5. The van der Waals surface area contributed by atoms with Crippen molar-refractivity contribution in [1.82, 2.24) is 25.9 Å². The highest BCUT2D eigenvalue weighted by molar-refractivity contribution is 7.80. The Morgan fingerprint density at radius 2 is 1.80 bits per heavy atom. The monoisotopic (exact) mass is 515 g/mol. The number of imidazole rings is 1. The number of carbonyl (C=O) groups excluding carboxylic acids is 3. The fourth-order valence-corrected chi connectivity index (χ4v) is 3.14. The van der Waals surface area contributed by atoms with Gasteiger partial charge in [-0.1, -0.05) is 0 Å². The van der Waals surface area contributed by atoms with E-state index in [9.17, 15) is 29.4 Å². The second kappa shape index (κ2) is 14.8. The summed E-state index contributed by atoms with van der Waals surface area (Å²) < 4.78 is 0. The van der Waals surface area contributed by atoms with Crippen LogP contribution >= 0.6 is 12.6 Å². The Hall–Kier alpha value is -3.37. The van der Waals surface area contributed by atoms with Gasteiger partial charge in [0.2, 0.25) is 17.7 Å². The van der Waals surface area contributed by atoms with Crippen molar-refractivity contribution in [2.45, 2.75) is 56.5 Å². The first kappa shape index (κ1) is 29.7. The molecule has 16 heteroatoms. The number of aromatic amines is 1. The molecule has 35 heavy (non-hydrogen) atoms. The van der Waals surface area contributed by atoms with Gasteiger partial charge in [-0.2, -0.15) is 12.6 Å². The number of H-pyrrole nitrogens is 1. The third kappa shape index (κ3) is 10.6. The van der Waals surface area contributed by atoms with Crippen LogP contribution in [0.5, 0.6) is 0 Å². The first-order valence-electron chi connectivity index (χ1n) is 10.7. The summed E-state index contributed by atoms with van der Waals surface area (Å²) in [4.78, 5) is 59.6. The second-order valence-electron chi connectivity index (χ2n) is 7.71. The normalized spacial score (nSPS) is 15.1. The van der Waals surface area contributed by atoms with Crippen molar-refractivity contribution >= 4 is 42.3 Å². The molecule has 1 heterocycles. The molecule has 0 aliphatic heterocycles. The maximum atomic E-state index is 12.7. The summed E-state index contributed by atoms with van der Waals surface area (Å²) in [6.07, 6.45) is 1.96. The summed E-state index contributed by atoms with van der Waals surface area (Å²) in [5, 5.41) is 26.4. The largest absolute Gasteiger partial charge is 0.480 e. The summed E-state index contributed by atoms with van der Waals surface area (Å²) in [7, 11) is 0. The van der Waals surface area contributed by atoms with E-state index in [-0.39, 0.29) is 37.5 Å². The summed E-state index contributed by atoms with van der Waals surface area (Å²) >= 11 is 4.06. The number of thiol groups is 1. The van der Waals surface area contributed by atoms with Crippen molar-refractivity contribution in [2.75, 3.05) is 12.3 Å². The van der Waals surface area contributed by atoms with E-state index in [0.717, 1.165) is 0 Å². The number of aliphatic hydroxyl groups excluding tert-OH is 1. The molecule has 0 saturated carbocycles. The number of nitrogens with one attached hydrogen (secondary N) is 4. The summed E-state index contributed by atoms with van der Waals surface area (Å²) in [5.41, 5.74) is 16.9. The zero-order valence-corrected chi connectivity index (χ0v) is 20.1. The minimum absolute atomic E-state index is 0.00186. The smallest absolute Gasteiger partial charge is 0.326 e. The fourth-order valence-electron chi connectivity index (χ4n) is 2.88. The molecule has 3 amide bonds. The third-order valence-electron chi connectivity index (χ3n) is 4.77. The molecule has 5 atom stereocenters. The lowest BCUT2D eigenvalue weighted by Gasteiger charge is -2.26. The molecule has 196 valence electrons. The van der Waals surface area contributed by atoms with Gasteiger partial charge in [0.05, 0.1) is 18.5 Å². The zero-order valence-electron chi connectivity index (χ0n) is 19.2. The first-order valence-corrected chi connectivity index (χ1v) is 11.3. The number of amides is 3. The van der Waals surface area contributed by atoms with Crippen molar-refractivity contribution in [3.8, 4) is 0 Å². The van der Waals surface area contributed by atoms with E-state index < -0.39 is 54.0 Å². The van der Waals surface area contributed by atoms with Crippen LogP contribution in [0.4, 0.5) is 0 Å². The van der Waals surface area contributed by atoms with Crippen LogP contribution in [0.1, 0.15) is 25.5 Å². The summed E-state index contributed by atoms with van der Waals surface area (Å²) in [6, 6.07) is -4.98. The molecule has 1 aromatic rings. The highest BCUT2D eigenvalue weighted by Gasteiger charge is 2.32. The van der Waals surface area contributed by atoms with Crippen molar-refractivity contribution in [2.24, 2.45) is 22.2 Å². The summed E-state index contributed by atoms with van der Waals surface area (Å²) in [6.45, 7) is 1.40. The number of aliphatic hydroxyl groups is 1. The van der Waals surface area contributed by atoms with E-state index in [1.807, 2.05) is 0 Å². The molecule has 15 nitrogen and oxygen atoms in total. The molecule has 0 aliphatic carbocycles. The third-order valence-corrected chi connectivity index (χ3v) is 5.13. The van der Waals surface area contributed by atoms with E-state index in [1.54, 1.807) is 0 Å². The highest BCUT2D eigenvalue weighted by atomic mass is 32.1. The van der Waals surface area contributed by atoms with Gasteiger partial charge in [0, 0.05) is 30.6 Å². The Bertz CT molecular complexity index is 876. The number of aromatic nitrogens is 2. The number of carboxylic acid groups (broad SMARTS) is 1.